The lowest BCUT2D eigenvalue weighted by molar-refractivity contribution is 0.0652. The van der Waals surface area contributed by atoms with Crippen LogP contribution in [0.4, 0.5) is 17.2 Å². The van der Waals surface area contributed by atoms with E-state index in [0.717, 1.165) is 67.5 Å². The molecule has 7 nitrogen and oxygen atoms in total. The third-order valence-electron chi connectivity index (χ3n) is 4.89. The van der Waals surface area contributed by atoms with Crippen LogP contribution in [0.2, 0.25) is 0 Å². The van der Waals surface area contributed by atoms with E-state index in [4.69, 9.17) is 14.6 Å². The van der Waals surface area contributed by atoms with Crippen LogP contribution in [0, 0.1) is 13.8 Å². The Kier molecular flexibility index (Phi) is 4.48. The number of aryl methyl sites for hydroxylation is 1. The molecule has 2 aliphatic rings. The van der Waals surface area contributed by atoms with E-state index in [1.807, 2.05) is 6.20 Å². The highest BCUT2D eigenvalue weighted by Gasteiger charge is 2.24. The van der Waals surface area contributed by atoms with Crippen molar-refractivity contribution in [3.05, 3.63) is 23.5 Å². The van der Waals surface area contributed by atoms with Gasteiger partial charge in [-0.2, -0.15) is 0 Å². The molecular formula is C18H25N5O2. The number of hydrogen-bond donors (Lipinski definition) is 2. The third-order valence-corrected chi connectivity index (χ3v) is 4.89. The summed E-state index contributed by atoms with van der Waals surface area (Å²) in [6.07, 6.45) is 4.78. The Labute approximate surface area is 147 Å². The predicted molar refractivity (Wildman–Crippen MR) is 96.9 cm³/mol. The first-order valence-corrected chi connectivity index (χ1v) is 8.99. The number of nitrogens with one attached hydrogen (secondary N) is 2. The molecule has 0 atom stereocenters. The van der Waals surface area contributed by atoms with Gasteiger partial charge in [-0.3, -0.25) is 4.68 Å². The summed E-state index contributed by atoms with van der Waals surface area (Å²) in [5, 5.41) is 11.6. The Balaban J connectivity index is 1.71. The quantitative estimate of drug-likeness (QED) is 0.828. The average molecular weight is 343 g/mol. The van der Waals surface area contributed by atoms with E-state index in [1.54, 1.807) is 0 Å². The molecule has 7 heteroatoms. The highest BCUT2D eigenvalue weighted by molar-refractivity contribution is 5.68. The van der Waals surface area contributed by atoms with Gasteiger partial charge in [-0.25, -0.2) is 4.98 Å². The lowest BCUT2D eigenvalue weighted by Gasteiger charge is -2.23. The molecule has 0 spiro atoms. The maximum atomic E-state index is 5.99. The van der Waals surface area contributed by atoms with E-state index in [1.165, 1.54) is 0 Å². The Morgan fingerprint density at radius 3 is 2.88 bits per heavy atom. The largest absolute Gasteiger partial charge is 0.475 e. The van der Waals surface area contributed by atoms with E-state index < -0.39 is 0 Å². The van der Waals surface area contributed by atoms with Crippen molar-refractivity contribution in [2.24, 2.45) is 0 Å². The molecule has 0 radical (unpaired) electrons. The molecule has 4 heterocycles. The fourth-order valence-electron chi connectivity index (χ4n) is 3.40. The number of hydrogen-bond acceptors (Lipinski definition) is 6. The summed E-state index contributed by atoms with van der Waals surface area (Å²) in [5.41, 5.74) is 4.24. The Morgan fingerprint density at radius 2 is 2.04 bits per heavy atom. The minimum atomic E-state index is 0.364. The summed E-state index contributed by atoms with van der Waals surface area (Å²) >= 11 is 0. The van der Waals surface area contributed by atoms with Crippen molar-refractivity contribution in [2.75, 3.05) is 37.0 Å². The van der Waals surface area contributed by atoms with Crippen molar-refractivity contribution in [2.45, 2.75) is 39.2 Å². The van der Waals surface area contributed by atoms with Crippen molar-refractivity contribution < 1.29 is 9.47 Å². The number of pyridine rings is 1. The van der Waals surface area contributed by atoms with Crippen molar-refractivity contribution in [1.29, 1.82) is 0 Å². The lowest BCUT2D eigenvalue weighted by atomic mass is 10.1. The molecular weight excluding hydrogens is 318 g/mol. The number of aromatic nitrogens is 3. The molecule has 134 valence electrons. The summed E-state index contributed by atoms with van der Waals surface area (Å²) < 4.78 is 13.6. The summed E-state index contributed by atoms with van der Waals surface area (Å²) in [7, 11) is 0. The van der Waals surface area contributed by atoms with Gasteiger partial charge in [-0.05, 0) is 38.7 Å². The SMILES string of the molecule is Cc1cnc2cc1NCCCOc1nn(C3CCOCC3)c(C)c1N2. The van der Waals surface area contributed by atoms with Crippen molar-refractivity contribution >= 4 is 17.2 Å². The molecule has 0 saturated carbocycles. The first-order chi connectivity index (χ1) is 12.2. The monoisotopic (exact) mass is 343 g/mol. The molecule has 0 amide bonds. The van der Waals surface area contributed by atoms with Crippen LogP contribution in [0.3, 0.4) is 0 Å². The summed E-state index contributed by atoms with van der Waals surface area (Å²) in [6, 6.07) is 2.41. The minimum absolute atomic E-state index is 0.364. The van der Waals surface area contributed by atoms with E-state index in [0.29, 0.717) is 18.5 Å². The van der Waals surface area contributed by atoms with Crippen molar-refractivity contribution in [3.8, 4) is 5.88 Å². The van der Waals surface area contributed by atoms with Gasteiger partial charge in [0.25, 0.3) is 5.88 Å². The zero-order chi connectivity index (χ0) is 17.2. The Bertz CT molecular complexity index is 752. The maximum absolute atomic E-state index is 5.99. The Hall–Kier alpha value is -2.28. The normalized spacial score (nSPS) is 18.3. The number of anilines is 3. The van der Waals surface area contributed by atoms with Crippen molar-refractivity contribution in [3.63, 3.8) is 0 Å². The van der Waals surface area contributed by atoms with Crippen LogP contribution in [0.15, 0.2) is 12.3 Å². The van der Waals surface area contributed by atoms with E-state index in [9.17, 15) is 0 Å². The minimum Gasteiger partial charge on any atom is -0.475 e. The fraction of sp³-hybridized carbons (Fsp3) is 0.556. The highest BCUT2D eigenvalue weighted by Crippen LogP contribution is 2.35. The van der Waals surface area contributed by atoms with Gasteiger partial charge in [-0.1, -0.05) is 0 Å². The average Bonchev–Trinajstić information content (AvgIpc) is 2.92. The lowest BCUT2D eigenvalue weighted by Crippen LogP contribution is -2.21. The molecule has 2 N–H and O–H groups in total. The van der Waals surface area contributed by atoms with E-state index in [-0.39, 0.29) is 0 Å². The van der Waals surface area contributed by atoms with Crippen LogP contribution in [0.1, 0.15) is 36.6 Å². The van der Waals surface area contributed by atoms with Gasteiger partial charge in [-0.15, -0.1) is 5.10 Å². The number of rotatable bonds is 1. The molecule has 0 unspecified atom stereocenters. The van der Waals surface area contributed by atoms with Crippen LogP contribution >= 0.6 is 0 Å². The van der Waals surface area contributed by atoms with Gasteiger partial charge in [0.2, 0.25) is 0 Å². The first-order valence-electron chi connectivity index (χ1n) is 8.99. The van der Waals surface area contributed by atoms with Crippen LogP contribution < -0.4 is 15.4 Å². The van der Waals surface area contributed by atoms with Crippen LogP contribution in [-0.2, 0) is 4.74 Å². The maximum Gasteiger partial charge on any atom is 0.257 e. The number of ether oxygens (including phenoxy) is 2. The first kappa shape index (κ1) is 16.2. The molecule has 1 fully saturated rings. The number of nitrogens with zero attached hydrogens (tertiary/aromatic N) is 3. The van der Waals surface area contributed by atoms with Gasteiger partial charge in [0.15, 0.2) is 0 Å². The number of fused-ring (bicyclic) bond motifs is 3. The second-order valence-corrected chi connectivity index (χ2v) is 6.69. The highest BCUT2D eigenvalue weighted by atomic mass is 16.5. The van der Waals surface area contributed by atoms with E-state index in [2.05, 4.69) is 40.2 Å². The molecule has 2 aliphatic heterocycles. The third kappa shape index (κ3) is 3.28. The zero-order valence-corrected chi connectivity index (χ0v) is 14.8. The summed E-state index contributed by atoms with van der Waals surface area (Å²) in [6.45, 7) is 7.22. The van der Waals surface area contributed by atoms with E-state index >= 15 is 0 Å². The topological polar surface area (TPSA) is 73.2 Å². The van der Waals surface area contributed by atoms with Crippen LogP contribution in [-0.4, -0.2) is 41.1 Å². The Morgan fingerprint density at radius 1 is 1.20 bits per heavy atom. The van der Waals surface area contributed by atoms with Gasteiger partial charge in [0.05, 0.1) is 18.3 Å². The van der Waals surface area contributed by atoms with Crippen molar-refractivity contribution in [1.82, 2.24) is 14.8 Å². The fourth-order valence-corrected chi connectivity index (χ4v) is 3.40. The van der Waals surface area contributed by atoms with Crippen LogP contribution in [0.25, 0.3) is 0 Å². The smallest absolute Gasteiger partial charge is 0.257 e. The molecule has 0 aromatic carbocycles. The molecule has 4 rings (SSSR count). The molecule has 1 saturated heterocycles. The van der Waals surface area contributed by atoms with Crippen LogP contribution in [0.5, 0.6) is 5.88 Å². The van der Waals surface area contributed by atoms with Gasteiger partial charge < -0.3 is 20.1 Å². The molecule has 2 bridgehead atoms. The van der Waals surface area contributed by atoms with Gasteiger partial charge in [0.1, 0.15) is 11.5 Å². The summed E-state index contributed by atoms with van der Waals surface area (Å²) in [5.74, 6) is 1.46. The second kappa shape index (κ2) is 6.92. The van der Waals surface area contributed by atoms with Gasteiger partial charge >= 0.3 is 0 Å². The van der Waals surface area contributed by atoms with Gasteiger partial charge in [0, 0.05) is 37.7 Å². The predicted octanol–water partition coefficient (Wildman–Crippen LogP) is 3.18. The molecule has 25 heavy (non-hydrogen) atoms. The second-order valence-electron chi connectivity index (χ2n) is 6.69. The molecule has 2 aromatic heterocycles. The molecule has 2 aromatic rings. The summed E-state index contributed by atoms with van der Waals surface area (Å²) in [4.78, 5) is 4.51. The molecule has 0 aliphatic carbocycles. The standard InChI is InChI=1S/C18H25N5O2/c1-12-11-20-16-10-15(12)19-6-3-7-25-18-17(21-16)13(2)23(22-18)14-4-8-24-9-5-14/h10-11,14,19H,3-9H2,1-2H3,(H,20,21). The zero-order valence-electron chi connectivity index (χ0n) is 14.8.